The van der Waals surface area contributed by atoms with Crippen LogP contribution < -0.4 is 10.2 Å². The van der Waals surface area contributed by atoms with Crippen LogP contribution in [0.1, 0.15) is 51.0 Å². The van der Waals surface area contributed by atoms with E-state index in [0.717, 1.165) is 25.1 Å². The van der Waals surface area contributed by atoms with Gasteiger partial charge in [-0.3, -0.25) is 10.1 Å². The lowest BCUT2D eigenvalue weighted by Gasteiger charge is -2.21. The van der Waals surface area contributed by atoms with Gasteiger partial charge in [0, 0.05) is 37.6 Å². The third-order valence-corrected chi connectivity index (χ3v) is 4.75. The van der Waals surface area contributed by atoms with Crippen molar-refractivity contribution in [1.82, 2.24) is 9.72 Å². The molecule has 0 aromatic carbocycles. The zero-order valence-electron chi connectivity index (χ0n) is 14.9. The Balaban J connectivity index is 1.62. The molecule has 0 aliphatic carbocycles. The van der Waals surface area contributed by atoms with Crippen molar-refractivity contribution in [2.75, 3.05) is 18.4 Å². The molecule has 0 spiro atoms. The molecular formula is C18H27N4O2+. The predicted octanol–water partition coefficient (Wildman–Crippen LogP) is 1.67. The molecule has 6 heteroatoms. The van der Waals surface area contributed by atoms with E-state index in [9.17, 15) is 4.79 Å². The van der Waals surface area contributed by atoms with Crippen molar-refractivity contribution in [1.29, 1.82) is 0 Å². The van der Waals surface area contributed by atoms with E-state index in [0.29, 0.717) is 18.5 Å². The normalized spacial score (nSPS) is 21.2. The highest BCUT2D eigenvalue weighted by Gasteiger charge is 2.33. The molecule has 6 nitrogen and oxygen atoms in total. The Morgan fingerprint density at radius 3 is 2.92 bits per heavy atom. The number of nitrogens with zero attached hydrogens (tertiary/aromatic N) is 2. The number of carbonyl (C=O) groups is 1. The Morgan fingerprint density at radius 1 is 1.50 bits per heavy atom. The van der Waals surface area contributed by atoms with Gasteiger partial charge in [-0.1, -0.05) is 25.9 Å². The van der Waals surface area contributed by atoms with Crippen LogP contribution in [0.3, 0.4) is 0 Å². The standard InChI is InChI=1S/C18H26N4O2/c1-18(2,3)15-11-17(24-20-15)19-16(23)12-22-10-6-8-14(22)13-7-5-9-21(13)4/h5,7,9,11,14H,6,8,10,12H2,1-4H3,(H,19,23)/p+1/t14-/m0/s1. The van der Waals surface area contributed by atoms with Crippen LogP contribution in [0.2, 0.25) is 0 Å². The molecule has 3 rings (SSSR count). The third-order valence-electron chi connectivity index (χ3n) is 4.75. The Morgan fingerprint density at radius 2 is 2.29 bits per heavy atom. The topological polar surface area (TPSA) is 64.5 Å². The zero-order chi connectivity index (χ0) is 17.3. The Bertz CT molecular complexity index is 711. The number of aromatic nitrogens is 2. The molecule has 1 unspecified atom stereocenters. The van der Waals surface area contributed by atoms with E-state index in [4.69, 9.17) is 4.52 Å². The highest BCUT2D eigenvalue weighted by Crippen LogP contribution is 2.23. The number of anilines is 1. The number of hydrogen-bond acceptors (Lipinski definition) is 3. The predicted molar refractivity (Wildman–Crippen MR) is 91.9 cm³/mol. The van der Waals surface area contributed by atoms with Crippen molar-refractivity contribution in [3.8, 4) is 0 Å². The molecule has 1 fully saturated rings. The summed E-state index contributed by atoms with van der Waals surface area (Å²) in [6.45, 7) is 7.66. The van der Waals surface area contributed by atoms with Gasteiger partial charge in [0.15, 0.2) is 6.54 Å². The minimum atomic E-state index is -0.0929. The molecule has 0 radical (unpaired) electrons. The van der Waals surface area contributed by atoms with Gasteiger partial charge in [0.2, 0.25) is 5.88 Å². The fraction of sp³-hybridized carbons (Fsp3) is 0.556. The van der Waals surface area contributed by atoms with Gasteiger partial charge in [-0.15, -0.1) is 0 Å². The number of quaternary nitrogens is 1. The number of aryl methyl sites for hydroxylation is 1. The van der Waals surface area contributed by atoms with E-state index in [2.05, 4.69) is 61.2 Å². The summed E-state index contributed by atoms with van der Waals surface area (Å²) in [5.41, 5.74) is 2.04. The van der Waals surface area contributed by atoms with Crippen LogP contribution in [0.5, 0.6) is 0 Å². The summed E-state index contributed by atoms with van der Waals surface area (Å²) >= 11 is 0. The van der Waals surface area contributed by atoms with Crippen molar-refractivity contribution in [3.63, 3.8) is 0 Å². The first kappa shape index (κ1) is 16.8. The quantitative estimate of drug-likeness (QED) is 0.896. The summed E-state index contributed by atoms with van der Waals surface area (Å²) in [5.74, 6) is 0.404. The van der Waals surface area contributed by atoms with Crippen molar-refractivity contribution < 1.29 is 14.2 Å². The van der Waals surface area contributed by atoms with Gasteiger partial charge < -0.3 is 14.0 Å². The van der Waals surface area contributed by atoms with Gasteiger partial charge in [-0.25, -0.2) is 0 Å². The van der Waals surface area contributed by atoms with Crippen molar-refractivity contribution in [3.05, 3.63) is 35.8 Å². The van der Waals surface area contributed by atoms with Crippen LogP contribution in [-0.2, 0) is 17.3 Å². The van der Waals surface area contributed by atoms with Crippen molar-refractivity contribution in [2.45, 2.75) is 45.1 Å². The summed E-state index contributed by atoms with van der Waals surface area (Å²) < 4.78 is 7.40. The molecule has 3 heterocycles. The Kier molecular flexibility index (Phi) is 4.49. The van der Waals surface area contributed by atoms with Crippen molar-refractivity contribution >= 4 is 11.8 Å². The smallest absolute Gasteiger partial charge is 0.281 e. The van der Waals surface area contributed by atoms with E-state index in [-0.39, 0.29) is 11.3 Å². The van der Waals surface area contributed by atoms with E-state index >= 15 is 0 Å². The number of carbonyl (C=O) groups excluding carboxylic acids is 1. The zero-order valence-corrected chi connectivity index (χ0v) is 14.9. The molecule has 130 valence electrons. The number of amides is 1. The fourth-order valence-corrected chi connectivity index (χ4v) is 3.39. The minimum absolute atomic E-state index is 0.0253. The average molecular weight is 331 g/mol. The van der Waals surface area contributed by atoms with Gasteiger partial charge in [0.1, 0.15) is 6.04 Å². The molecule has 2 aromatic rings. The molecule has 2 N–H and O–H groups in total. The lowest BCUT2D eigenvalue weighted by molar-refractivity contribution is -0.910. The molecule has 2 atom stereocenters. The maximum atomic E-state index is 12.4. The van der Waals surface area contributed by atoms with Crippen LogP contribution in [0.4, 0.5) is 5.88 Å². The summed E-state index contributed by atoms with van der Waals surface area (Å²) in [4.78, 5) is 13.7. The summed E-state index contributed by atoms with van der Waals surface area (Å²) in [6.07, 6.45) is 4.33. The highest BCUT2D eigenvalue weighted by atomic mass is 16.5. The number of likely N-dealkylation sites (tertiary alicyclic amines) is 1. The average Bonchev–Trinajstić information content (AvgIpc) is 3.19. The van der Waals surface area contributed by atoms with E-state index in [1.54, 1.807) is 0 Å². The van der Waals surface area contributed by atoms with Gasteiger partial charge in [-0.2, -0.15) is 0 Å². The first-order chi connectivity index (χ1) is 11.3. The SMILES string of the molecule is Cn1cccc1[C@@H]1CCC[NH+]1CC(=O)Nc1cc(C(C)(C)C)no1. The van der Waals surface area contributed by atoms with E-state index in [1.165, 1.54) is 10.6 Å². The second-order valence-corrected chi connectivity index (χ2v) is 7.70. The summed E-state index contributed by atoms with van der Waals surface area (Å²) in [5, 5.41) is 6.89. The second-order valence-electron chi connectivity index (χ2n) is 7.70. The van der Waals surface area contributed by atoms with Crippen LogP contribution in [0, 0.1) is 0 Å². The lowest BCUT2D eigenvalue weighted by atomic mass is 9.92. The molecule has 0 bridgehead atoms. The number of rotatable bonds is 4. The summed E-state index contributed by atoms with van der Waals surface area (Å²) in [7, 11) is 2.06. The highest BCUT2D eigenvalue weighted by molar-refractivity contribution is 5.90. The van der Waals surface area contributed by atoms with E-state index in [1.807, 2.05) is 6.07 Å². The van der Waals surface area contributed by atoms with Crippen LogP contribution >= 0.6 is 0 Å². The Labute approximate surface area is 142 Å². The molecular weight excluding hydrogens is 304 g/mol. The largest absolute Gasteiger partial charge is 0.350 e. The molecule has 1 aliphatic heterocycles. The van der Waals surface area contributed by atoms with Gasteiger partial charge in [0.05, 0.1) is 17.9 Å². The minimum Gasteiger partial charge on any atom is -0.350 e. The first-order valence-corrected chi connectivity index (χ1v) is 8.57. The maximum absolute atomic E-state index is 12.4. The molecule has 24 heavy (non-hydrogen) atoms. The van der Waals surface area contributed by atoms with Crippen LogP contribution in [-0.4, -0.2) is 28.7 Å². The van der Waals surface area contributed by atoms with Crippen LogP contribution in [0.15, 0.2) is 28.9 Å². The van der Waals surface area contributed by atoms with Gasteiger partial charge in [0.25, 0.3) is 5.91 Å². The van der Waals surface area contributed by atoms with Gasteiger partial charge in [-0.05, 0) is 12.1 Å². The van der Waals surface area contributed by atoms with Crippen LogP contribution in [0.25, 0.3) is 0 Å². The van der Waals surface area contributed by atoms with Gasteiger partial charge >= 0.3 is 0 Å². The first-order valence-electron chi connectivity index (χ1n) is 8.57. The fourth-order valence-electron chi connectivity index (χ4n) is 3.39. The molecule has 2 aromatic heterocycles. The molecule has 1 amide bonds. The van der Waals surface area contributed by atoms with E-state index < -0.39 is 0 Å². The molecule has 1 saturated heterocycles. The monoisotopic (exact) mass is 331 g/mol. The second kappa shape index (κ2) is 6.43. The van der Waals surface area contributed by atoms with Crippen molar-refractivity contribution in [2.24, 2.45) is 7.05 Å². The maximum Gasteiger partial charge on any atom is 0.281 e. The molecule has 0 saturated carbocycles. The third kappa shape index (κ3) is 3.53. The lowest BCUT2D eigenvalue weighted by Crippen LogP contribution is -3.11. The Hall–Kier alpha value is -2.08. The molecule has 1 aliphatic rings. The summed E-state index contributed by atoms with van der Waals surface area (Å²) in [6, 6.07) is 6.41. The number of nitrogens with one attached hydrogen (secondary N) is 2. The number of hydrogen-bond donors (Lipinski definition) is 2.